The molecule has 1 amide bonds. The average Bonchev–Trinajstić information content (AvgIpc) is 2.14. The standard InChI is InChI=1S/C11H19N5O/c1-7(2)13-10(17)6-16(4)9-5-8(3)14-11(12)15-9/h5,7H,6H2,1-4H3,(H,13,17)(H2,12,14,15). The van der Waals surface area contributed by atoms with E-state index < -0.39 is 0 Å². The van der Waals surface area contributed by atoms with Crippen LogP contribution < -0.4 is 16.0 Å². The molecule has 0 radical (unpaired) electrons. The predicted molar refractivity (Wildman–Crippen MR) is 67.7 cm³/mol. The van der Waals surface area contributed by atoms with Crippen molar-refractivity contribution in [2.45, 2.75) is 26.8 Å². The summed E-state index contributed by atoms with van der Waals surface area (Å²) in [5.74, 6) is 0.822. The van der Waals surface area contributed by atoms with Crippen molar-refractivity contribution in [1.29, 1.82) is 0 Å². The molecule has 0 aromatic carbocycles. The van der Waals surface area contributed by atoms with Crippen LogP contribution in [0, 0.1) is 6.92 Å². The molecule has 0 aliphatic rings. The van der Waals surface area contributed by atoms with E-state index in [1.54, 1.807) is 18.0 Å². The Labute approximate surface area is 101 Å². The van der Waals surface area contributed by atoms with E-state index in [4.69, 9.17) is 5.73 Å². The van der Waals surface area contributed by atoms with Crippen molar-refractivity contribution in [3.8, 4) is 0 Å². The van der Waals surface area contributed by atoms with Gasteiger partial charge in [0.2, 0.25) is 11.9 Å². The van der Waals surface area contributed by atoms with Crippen molar-refractivity contribution in [1.82, 2.24) is 15.3 Å². The number of anilines is 2. The zero-order chi connectivity index (χ0) is 13.0. The zero-order valence-corrected chi connectivity index (χ0v) is 10.7. The molecular formula is C11H19N5O. The quantitative estimate of drug-likeness (QED) is 0.788. The van der Waals surface area contributed by atoms with Crippen molar-refractivity contribution >= 4 is 17.7 Å². The summed E-state index contributed by atoms with van der Waals surface area (Å²) in [7, 11) is 1.79. The molecule has 17 heavy (non-hydrogen) atoms. The fourth-order valence-corrected chi connectivity index (χ4v) is 1.43. The van der Waals surface area contributed by atoms with Crippen LogP contribution in [0.25, 0.3) is 0 Å². The van der Waals surface area contributed by atoms with E-state index in [0.29, 0.717) is 5.82 Å². The van der Waals surface area contributed by atoms with E-state index in [1.165, 1.54) is 0 Å². The first-order valence-corrected chi connectivity index (χ1v) is 5.50. The van der Waals surface area contributed by atoms with Crippen LogP contribution in [-0.4, -0.2) is 35.5 Å². The molecule has 0 saturated carbocycles. The van der Waals surface area contributed by atoms with Crippen molar-refractivity contribution in [2.75, 3.05) is 24.2 Å². The van der Waals surface area contributed by atoms with E-state index in [0.717, 1.165) is 5.69 Å². The van der Waals surface area contributed by atoms with Gasteiger partial charge in [0, 0.05) is 24.8 Å². The second-order valence-electron chi connectivity index (χ2n) is 4.30. The monoisotopic (exact) mass is 237 g/mol. The van der Waals surface area contributed by atoms with Crippen LogP contribution in [-0.2, 0) is 4.79 Å². The molecule has 0 aliphatic heterocycles. The lowest BCUT2D eigenvalue weighted by molar-refractivity contribution is -0.120. The maximum Gasteiger partial charge on any atom is 0.239 e. The Hall–Kier alpha value is -1.85. The molecule has 3 N–H and O–H groups in total. The van der Waals surface area contributed by atoms with E-state index in [1.807, 2.05) is 20.8 Å². The molecule has 0 atom stereocenters. The van der Waals surface area contributed by atoms with Gasteiger partial charge in [-0.2, -0.15) is 4.98 Å². The van der Waals surface area contributed by atoms with Gasteiger partial charge in [0.1, 0.15) is 5.82 Å². The minimum Gasteiger partial charge on any atom is -0.368 e. The van der Waals surface area contributed by atoms with Crippen LogP contribution in [0.15, 0.2) is 6.07 Å². The number of likely N-dealkylation sites (N-methyl/N-ethyl adjacent to an activating group) is 1. The van der Waals surface area contributed by atoms with Crippen molar-refractivity contribution < 1.29 is 4.79 Å². The fourth-order valence-electron chi connectivity index (χ4n) is 1.43. The van der Waals surface area contributed by atoms with Gasteiger partial charge in [-0.05, 0) is 20.8 Å². The second kappa shape index (κ2) is 5.47. The highest BCUT2D eigenvalue weighted by Crippen LogP contribution is 2.11. The second-order valence-corrected chi connectivity index (χ2v) is 4.30. The Balaban J connectivity index is 2.69. The maximum atomic E-state index is 11.6. The minimum atomic E-state index is -0.0441. The molecule has 0 spiro atoms. The van der Waals surface area contributed by atoms with Gasteiger partial charge in [0.15, 0.2) is 0 Å². The highest BCUT2D eigenvalue weighted by Gasteiger charge is 2.10. The summed E-state index contributed by atoms with van der Waals surface area (Å²) < 4.78 is 0. The third-order valence-electron chi connectivity index (χ3n) is 2.08. The van der Waals surface area contributed by atoms with Gasteiger partial charge in [-0.1, -0.05) is 0 Å². The first-order valence-electron chi connectivity index (χ1n) is 5.50. The Bertz CT molecular complexity index is 385. The van der Waals surface area contributed by atoms with E-state index in [9.17, 15) is 4.79 Å². The molecule has 0 saturated heterocycles. The molecular weight excluding hydrogens is 218 g/mol. The molecule has 1 heterocycles. The molecule has 1 rings (SSSR count). The fraction of sp³-hybridized carbons (Fsp3) is 0.545. The predicted octanol–water partition coefficient (Wildman–Crippen LogP) is 0.328. The summed E-state index contributed by atoms with van der Waals surface area (Å²) in [5.41, 5.74) is 6.34. The average molecular weight is 237 g/mol. The molecule has 1 aromatic heterocycles. The minimum absolute atomic E-state index is 0.0441. The van der Waals surface area contributed by atoms with Crippen molar-refractivity contribution in [3.05, 3.63) is 11.8 Å². The van der Waals surface area contributed by atoms with Crippen LogP contribution in [0.5, 0.6) is 0 Å². The largest absolute Gasteiger partial charge is 0.368 e. The molecule has 6 heteroatoms. The summed E-state index contributed by atoms with van der Waals surface area (Å²) in [5, 5.41) is 2.82. The lowest BCUT2D eigenvalue weighted by Gasteiger charge is -2.19. The van der Waals surface area contributed by atoms with Gasteiger partial charge in [-0.25, -0.2) is 4.98 Å². The maximum absolute atomic E-state index is 11.6. The highest BCUT2D eigenvalue weighted by molar-refractivity contribution is 5.81. The van der Waals surface area contributed by atoms with Gasteiger partial charge in [-0.15, -0.1) is 0 Å². The Kier molecular flexibility index (Phi) is 4.25. The molecule has 1 aromatic rings. The Morgan fingerprint density at radius 2 is 2.18 bits per heavy atom. The number of nitrogens with two attached hydrogens (primary N) is 1. The highest BCUT2D eigenvalue weighted by atomic mass is 16.2. The number of hydrogen-bond acceptors (Lipinski definition) is 5. The molecule has 0 bridgehead atoms. The summed E-state index contributed by atoms with van der Waals surface area (Å²) >= 11 is 0. The van der Waals surface area contributed by atoms with Crippen LogP contribution in [0.4, 0.5) is 11.8 Å². The van der Waals surface area contributed by atoms with Crippen LogP contribution >= 0.6 is 0 Å². The van der Waals surface area contributed by atoms with Crippen molar-refractivity contribution in [2.24, 2.45) is 0 Å². The zero-order valence-electron chi connectivity index (χ0n) is 10.7. The lowest BCUT2D eigenvalue weighted by Crippen LogP contribution is -2.38. The number of nitrogen functional groups attached to an aromatic ring is 1. The Morgan fingerprint density at radius 1 is 1.53 bits per heavy atom. The van der Waals surface area contributed by atoms with Crippen LogP contribution in [0.2, 0.25) is 0 Å². The topological polar surface area (TPSA) is 84.1 Å². The van der Waals surface area contributed by atoms with E-state index >= 15 is 0 Å². The molecule has 6 nitrogen and oxygen atoms in total. The SMILES string of the molecule is Cc1cc(N(C)CC(=O)NC(C)C)nc(N)n1. The van der Waals surface area contributed by atoms with E-state index in [2.05, 4.69) is 15.3 Å². The Morgan fingerprint density at radius 3 is 2.71 bits per heavy atom. The van der Waals surface area contributed by atoms with Crippen LogP contribution in [0.3, 0.4) is 0 Å². The number of carbonyl (C=O) groups is 1. The summed E-state index contributed by atoms with van der Waals surface area (Å²) in [6.45, 7) is 5.92. The molecule has 94 valence electrons. The molecule has 0 unspecified atom stereocenters. The number of nitrogens with zero attached hydrogens (tertiary/aromatic N) is 3. The smallest absolute Gasteiger partial charge is 0.239 e. The van der Waals surface area contributed by atoms with Crippen LogP contribution in [0.1, 0.15) is 19.5 Å². The number of carbonyl (C=O) groups excluding carboxylic acids is 1. The summed E-state index contributed by atoms with van der Waals surface area (Å²) in [6.07, 6.45) is 0. The lowest BCUT2D eigenvalue weighted by atomic mass is 10.3. The number of aryl methyl sites for hydroxylation is 1. The molecule has 0 aliphatic carbocycles. The number of amides is 1. The number of hydrogen-bond donors (Lipinski definition) is 2. The van der Waals surface area contributed by atoms with Gasteiger partial charge in [0.25, 0.3) is 0 Å². The first kappa shape index (κ1) is 13.2. The number of nitrogens with one attached hydrogen (secondary N) is 1. The van der Waals surface area contributed by atoms with E-state index in [-0.39, 0.29) is 24.4 Å². The number of aromatic nitrogens is 2. The number of rotatable bonds is 4. The third kappa shape index (κ3) is 4.26. The van der Waals surface area contributed by atoms with Crippen molar-refractivity contribution in [3.63, 3.8) is 0 Å². The third-order valence-corrected chi connectivity index (χ3v) is 2.08. The normalized spacial score (nSPS) is 10.4. The van der Waals surface area contributed by atoms with Gasteiger partial charge < -0.3 is 16.0 Å². The first-order chi connectivity index (χ1) is 7.88. The van der Waals surface area contributed by atoms with Gasteiger partial charge in [-0.3, -0.25) is 4.79 Å². The molecule has 0 fully saturated rings. The van der Waals surface area contributed by atoms with Gasteiger partial charge in [0.05, 0.1) is 6.54 Å². The summed E-state index contributed by atoms with van der Waals surface area (Å²) in [6, 6.07) is 1.92. The summed E-state index contributed by atoms with van der Waals surface area (Å²) in [4.78, 5) is 21.4. The van der Waals surface area contributed by atoms with Gasteiger partial charge >= 0.3 is 0 Å².